The zero-order valence-electron chi connectivity index (χ0n) is 10.3. The fraction of sp³-hybridized carbons (Fsp3) is 0.267. The fourth-order valence-corrected chi connectivity index (χ4v) is 1.89. The minimum Gasteiger partial charge on any atom is -0.492 e. The first-order chi connectivity index (χ1) is 8.77. The Morgan fingerprint density at radius 3 is 2.67 bits per heavy atom. The molecule has 2 rings (SSSR count). The molecule has 0 saturated carbocycles. The van der Waals surface area contributed by atoms with Gasteiger partial charge < -0.3 is 4.74 Å². The zero-order chi connectivity index (χ0) is 13.0. The van der Waals surface area contributed by atoms with Crippen LogP contribution in [0.4, 0.5) is 4.39 Å². The minimum absolute atomic E-state index is 0.266. The molecular weight excluding hydrogens is 231 g/mol. The largest absolute Gasteiger partial charge is 0.492 e. The van der Waals surface area contributed by atoms with Crippen molar-refractivity contribution < 1.29 is 13.9 Å². The van der Waals surface area contributed by atoms with E-state index in [9.17, 15) is 9.18 Å². The van der Waals surface area contributed by atoms with Crippen LogP contribution >= 0.6 is 0 Å². The van der Waals surface area contributed by atoms with Gasteiger partial charge in [-0.15, -0.1) is 0 Å². The summed E-state index contributed by atoms with van der Waals surface area (Å²) in [6, 6.07) is 8.26. The fourth-order valence-electron chi connectivity index (χ4n) is 1.89. The summed E-state index contributed by atoms with van der Waals surface area (Å²) >= 11 is 0. The van der Waals surface area contributed by atoms with Gasteiger partial charge in [-0.2, -0.15) is 0 Å². The zero-order valence-corrected chi connectivity index (χ0v) is 10.3. The summed E-state index contributed by atoms with van der Waals surface area (Å²) in [6.07, 6.45) is 2.55. The van der Waals surface area contributed by atoms with Gasteiger partial charge in [-0.25, -0.2) is 4.39 Å². The Kier molecular flexibility index (Phi) is 3.92. The van der Waals surface area contributed by atoms with E-state index in [2.05, 4.69) is 6.92 Å². The highest BCUT2D eigenvalue weighted by Gasteiger charge is 2.12. The lowest BCUT2D eigenvalue weighted by Gasteiger charge is -2.12. The number of benzene rings is 2. The number of ether oxygens (including phenoxy) is 1. The number of unbranched alkanes of at least 4 members (excludes halogenated alkanes) is 1. The van der Waals surface area contributed by atoms with Gasteiger partial charge in [0.15, 0.2) is 6.29 Å². The molecule has 0 aromatic heterocycles. The average molecular weight is 246 g/mol. The first kappa shape index (κ1) is 12.6. The average Bonchev–Trinajstić information content (AvgIpc) is 2.41. The van der Waals surface area contributed by atoms with Crippen LogP contribution in [-0.2, 0) is 0 Å². The molecule has 0 heterocycles. The lowest BCUT2D eigenvalue weighted by atomic mass is 10.1. The molecule has 0 aliphatic carbocycles. The van der Waals surface area contributed by atoms with Crippen LogP contribution in [0.15, 0.2) is 30.3 Å². The van der Waals surface area contributed by atoms with Gasteiger partial charge in [0.25, 0.3) is 0 Å². The van der Waals surface area contributed by atoms with Crippen molar-refractivity contribution in [1.29, 1.82) is 0 Å². The van der Waals surface area contributed by atoms with Crippen molar-refractivity contribution in [3.8, 4) is 5.75 Å². The van der Waals surface area contributed by atoms with Gasteiger partial charge in [0, 0.05) is 10.8 Å². The molecule has 94 valence electrons. The standard InChI is InChI=1S/C15H15FO2/c1-2-3-8-18-15-11(10-17)9-14(16)12-6-4-5-7-13(12)15/h4-7,9-10H,2-3,8H2,1H3. The lowest BCUT2D eigenvalue weighted by Crippen LogP contribution is -2.01. The van der Waals surface area contributed by atoms with E-state index in [-0.39, 0.29) is 5.56 Å². The topological polar surface area (TPSA) is 26.3 Å². The molecule has 2 nitrogen and oxygen atoms in total. The van der Waals surface area contributed by atoms with Crippen molar-refractivity contribution in [1.82, 2.24) is 0 Å². The minimum atomic E-state index is -0.393. The molecule has 2 aromatic rings. The summed E-state index contributed by atoms with van der Waals surface area (Å²) in [5.41, 5.74) is 0.266. The molecule has 3 heteroatoms. The molecule has 0 fully saturated rings. The van der Waals surface area contributed by atoms with Crippen LogP contribution in [0.3, 0.4) is 0 Å². The molecule has 0 radical (unpaired) electrons. The molecule has 0 amide bonds. The number of halogens is 1. The molecule has 0 bridgehead atoms. The molecule has 0 aliphatic rings. The monoisotopic (exact) mass is 246 g/mol. The van der Waals surface area contributed by atoms with E-state index in [1.807, 2.05) is 6.07 Å². The third kappa shape index (κ3) is 2.35. The number of carbonyl (C=O) groups is 1. The second-order valence-electron chi connectivity index (χ2n) is 4.14. The third-order valence-electron chi connectivity index (χ3n) is 2.84. The maximum absolute atomic E-state index is 13.8. The van der Waals surface area contributed by atoms with E-state index in [1.165, 1.54) is 6.07 Å². The smallest absolute Gasteiger partial charge is 0.153 e. The first-order valence-electron chi connectivity index (χ1n) is 6.07. The molecule has 0 N–H and O–H groups in total. The first-order valence-corrected chi connectivity index (χ1v) is 6.07. The number of carbonyl (C=O) groups excluding carboxylic acids is 1. The Morgan fingerprint density at radius 2 is 2.00 bits per heavy atom. The number of hydrogen-bond donors (Lipinski definition) is 0. The summed E-state index contributed by atoms with van der Waals surface area (Å²) in [4.78, 5) is 11.0. The number of aldehydes is 1. The van der Waals surface area contributed by atoms with Crippen LogP contribution in [0.2, 0.25) is 0 Å². The summed E-state index contributed by atoms with van der Waals surface area (Å²) in [5, 5.41) is 1.13. The van der Waals surface area contributed by atoms with Gasteiger partial charge in [-0.05, 0) is 12.5 Å². The van der Waals surface area contributed by atoms with E-state index >= 15 is 0 Å². The summed E-state index contributed by atoms with van der Waals surface area (Å²) in [7, 11) is 0. The Bertz CT molecular complexity index is 564. The molecular formula is C15H15FO2. The van der Waals surface area contributed by atoms with Gasteiger partial charge >= 0.3 is 0 Å². The lowest BCUT2D eigenvalue weighted by molar-refractivity contribution is 0.111. The van der Waals surface area contributed by atoms with Crippen molar-refractivity contribution in [3.63, 3.8) is 0 Å². The van der Waals surface area contributed by atoms with E-state index in [0.717, 1.165) is 12.8 Å². The van der Waals surface area contributed by atoms with E-state index in [0.29, 0.717) is 29.4 Å². The summed E-state index contributed by atoms with van der Waals surface area (Å²) in [5.74, 6) is 0.0889. The highest BCUT2D eigenvalue weighted by molar-refractivity contribution is 5.96. The SMILES string of the molecule is CCCCOc1c(C=O)cc(F)c2ccccc12. The maximum Gasteiger partial charge on any atom is 0.153 e. The highest BCUT2D eigenvalue weighted by Crippen LogP contribution is 2.31. The summed E-state index contributed by atoms with van der Waals surface area (Å²) in [6.45, 7) is 2.60. The molecule has 0 unspecified atom stereocenters. The number of hydrogen-bond acceptors (Lipinski definition) is 2. The Balaban J connectivity index is 2.53. The quantitative estimate of drug-likeness (QED) is 0.589. The number of rotatable bonds is 5. The molecule has 0 atom stereocenters. The van der Waals surface area contributed by atoms with Crippen molar-refractivity contribution in [2.45, 2.75) is 19.8 Å². The van der Waals surface area contributed by atoms with Crippen molar-refractivity contribution in [3.05, 3.63) is 41.7 Å². The van der Waals surface area contributed by atoms with Crippen LogP contribution in [-0.4, -0.2) is 12.9 Å². The normalized spacial score (nSPS) is 10.6. The Hall–Kier alpha value is -1.90. The second kappa shape index (κ2) is 5.63. The molecule has 0 spiro atoms. The van der Waals surface area contributed by atoms with Gasteiger partial charge in [-0.1, -0.05) is 37.6 Å². The molecule has 0 saturated heterocycles. The van der Waals surface area contributed by atoms with Crippen LogP contribution in [0.1, 0.15) is 30.1 Å². The molecule has 2 aromatic carbocycles. The predicted molar refractivity (Wildman–Crippen MR) is 69.7 cm³/mol. The van der Waals surface area contributed by atoms with Crippen LogP contribution in [0, 0.1) is 5.82 Å². The van der Waals surface area contributed by atoms with Crippen molar-refractivity contribution in [2.24, 2.45) is 0 Å². The van der Waals surface area contributed by atoms with Gasteiger partial charge in [-0.3, -0.25) is 4.79 Å². The second-order valence-corrected chi connectivity index (χ2v) is 4.14. The molecule has 18 heavy (non-hydrogen) atoms. The molecule has 0 aliphatic heterocycles. The Labute approximate surface area is 105 Å². The highest BCUT2D eigenvalue weighted by atomic mass is 19.1. The van der Waals surface area contributed by atoms with Gasteiger partial charge in [0.1, 0.15) is 11.6 Å². The summed E-state index contributed by atoms with van der Waals surface area (Å²) < 4.78 is 19.4. The maximum atomic E-state index is 13.8. The van der Waals surface area contributed by atoms with Crippen LogP contribution in [0.25, 0.3) is 10.8 Å². The third-order valence-corrected chi connectivity index (χ3v) is 2.84. The van der Waals surface area contributed by atoms with Crippen molar-refractivity contribution in [2.75, 3.05) is 6.61 Å². The van der Waals surface area contributed by atoms with E-state index in [4.69, 9.17) is 4.74 Å². The number of fused-ring (bicyclic) bond motifs is 1. The van der Waals surface area contributed by atoms with Gasteiger partial charge in [0.2, 0.25) is 0 Å². The van der Waals surface area contributed by atoms with Crippen LogP contribution in [0.5, 0.6) is 5.75 Å². The van der Waals surface area contributed by atoms with E-state index in [1.54, 1.807) is 18.2 Å². The van der Waals surface area contributed by atoms with Crippen LogP contribution < -0.4 is 4.74 Å². The van der Waals surface area contributed by atoms with Gasteiger partial charge in [0.05, 0.1) is 12.2 Å². The van der Waals surface area contributed by atoms with E-state index < -0.39 is 5.82 Å². The Morgan fingerprint density at radius 1 is 1.28 bits per heavy atom. The predicted octanol–water partition coefficient (Wildman–Crippen LogP) is 3.97. The van der Waals surface area contributed by atoms with Crippen molar-refractivity contribution >= 4 is 17.1 Å².